The number of cyclic esters (lactones) is 1. The molecule has 0 radical (unpaired) electrons. The van der Waals surface area contributed by atoms with Crippen molar-refractivity contribution in [2.45, 2.75) is 58.1 Å². The molecule has 1 heterocycles. The Kier molecular flexibility index (Phi) is 8.20. The third-order valence-corrected chi connectivity index (χ3v) is 7.06. The molecule has 3 aromatic rings. The molecular weight excluding hydrogens is 512 g/mol. The number of methoxy groups -OCH3 is 1. The van der Waals surface area contributed by atoms with Crippen LogP contribution in [0.25, 0.3) is 11.1 Å². The maximum absolute atomic E-state index is 14.7. The molecule has 5 nitrogen and oxygen atoms in total. The highest BCUT2D eigenvalue weighted by atomic mass is 19.4. The Hall–Kier alpha value is -3.59. The van der Waals surface area contributed by atoms with E-state index in [1.54, 1.807) is 6.07 Å². The smallest absolute Gasteiger partial charge is 0.416 e. The summed E-state index contributed by atoms with van der Waals surface area (Å²) in [6, 6.07) is 13.4. The molecule has 0 saturated carbocycles. The monoisotopic (exact) mass is 544 g/mol. The van der Waals surface area contributed by atoms with Crippen LogP contribution in [-0.4, -0.2) is 31.2 Å². The van der Waals surface area contributed by atoms with Gasteiger partial charge >= 0.3 is 12.3 Å². The molecule has 9 heteroatoms. The van der Waals surface area contributed by atoms with E-state index < -0.39 is 35.8 Å². The van der Waals surface area contributed by atoms with E-state index in [0.29, 0.717) is 23.2 Å². The van der Waals surface area contributed by atoms with Gasteiger partial charge in [0.25, 0.3) is 0 Å². The van der Waals surface area contributed by atoms with E-state index in [4.69, 9.17) is 9.47 Å². The largest absolute Gasteiger partial charge is 0.496 e. The van der Waals surface area contributed by atoms with E-state index in [2.05, 4.69) is 5.32 Å². The third-order valence-electron chi connectivity index (χ3n) is 7.06. The van der Waals surface area contributed by atoms with Gasteiger partial charge in [-0.3, -0.25) is 4.90 Å². The fourth-order valence-electron chi connectivity index (χ4n) is 4.98. The molecule has 4 rings (SSSR count). The van der Waals surface area contributed by atoms with E-state index in [-0.39, 0.29) is 23.8 Å². The molecule has 2 atom stereocenters. The number of carbonyl (C=O) groups is 1. The molecule has 0 aromatic heterocycles. The summed E-state index contributed by atoms with van der Waals surface area (Å²) in [4.78, 5) is 14.4. The maximum atomic E-state index is 14.7. The first-order valence-corrected chi connectivity index (χ1v) is 12.7. The first kappa shape index (κ1) is 28.4. The molecule has 1 aliphatic rings. The minimum Gasteiger partial charge on any atom is -0.496 e. The van der Waals surface area contributed by atoms with Gasteiger partial charge < -0.3 is 14.8 Å². The summed E-state index contributed by atoms with van der Waals surface area (Å²) in [7, 11) is 3.21. The second-order valence-electron chi connectivity index (χ2n) is 10.0. The highest BCUT2D eigenvalue weighted by Gasteiger charge is 2.40. The Balaban J connectivity index is 1.77. The van der Waals surface area contributed by atoms with Crippen LogP contribution in [0.2, 0.25) is 0 Å². The summed E-state index contributed by atoms with van der Waals surface area (Å²) in [6.45, 7) is 5.97. The van der Waals surface area contributed by atoms with E-state index in [1.165, 1.54) is 24.1 Å². The summed E-state index contributed by atoms with van der Waals surface area (Å²) < 4.78 is 67.0. The second-order valence-corrected chi connectivity index (χ2v) is 10.0. The van der Waals surface area contributed by atoms with Gasteiger partial charge in [-0.25, -0.2) is 9.18 Å². The van der Waals surface area contributed by atoms with Crippen LogP contribution in [-0.2, 0) is 24.0 Å². The number of halogens is 4. The molecule has 1 amide bonds. The van der Waals surface area contributed by atoms with Crippen molar-refractivity contribution in [2.75, 3.05) is 14.2 Å². The van der Waals surface area contributed by atoms with Gasteiger partial charge in [-0.1, -0.05) is 44.2 Å². The van der Waals surface area contributed by atoms with Gasteiger partial charge in [-0.05, 0) is 65.9 Å². The number of rotatable bonds is 8. The lowest BCUT2D eigenvalue weighted by molar-refractivity contribution is -0.137. The van der Waals surface area contributed by atoms with Crippen molar-refractivity contribution in [1.82, 2.24) is 10.2 Å². The van der Waals surface area contributed by atoms with E-state index >= 15 is 0 Å². The van der Waals surface area contributed by atoms with Crippen LogP contribution in [0.5, 0.6) is 5.75 Å². The number of carbonyl (C=O) groups excluding carboxylic acids is 1. The van der Waals surface area contributed by atoms with Crippen molar-refractivity contribution in [1.29, 1.82) is 0 Å². The normalized spacial score (nSPS) is 17.6. The zero-order chi connectivity index (χ0) is 28.5. The number of amides is 1. The van der Waals surface area contributed by atoms with E-state index in [9.17, 15) is 22.4 Å². The molecule has 39 heavy (non-hydrogen) atoms. The van der Waals surface area contributed by atoms with Crippen LogP contribution >= 0.6 is 0 Å². The molecule has 208 valence electrons. The van der Waals surface area contributed by atoms with Crippen molar-refractivity contribution >= 4 is 6.09 Å². The number of nitrogens with one attached hydrogen (secondary N) is 1. The fraction of sp³-hybridized carbons (Fsp3) is 0.367. The quantitative estimate of drug-likeness (QED) is 0.300. The van der Waals surface area contributed by atoms with Gasteiger partial charge in [-0.15, -0.1) is 0 Å². The third kappa shape index (κ3) is 5.88. The molecule has 0 bridgehead atoms. The molecule has 0 aliphatic carbocycles. The summed E-state index contributed by atoms with van der Waals surface area (Å²) in [5.41, 5.74) is 2.50. The molecule has 3 aromatic carbocycles. The summed E-state index contributed by atoms with van der Waals surface area (Å²) in [5.74, 6) is -0.436. The minimum atomic E-state index is -4.59. The van der Waals surface area contributed by atoms with Crippen molar-refractivity contribution in [3.8, 4) is 16.9 Å². The van der Waals surface area contributed by atoms with Gasteiger partial charge in [-0.2, -0.15) is 13.2 Å². The number of benzene rings is 3. The summed E-state index contributed by atoms with van der Waals surface area (Å²) >= 11 is 0. The number of alkyl halides is 3. The van der Waals surface area contributed by atoms with Crippen LogP contribution in [0, 0.1) is 5.82 Å². The van der Waals surface area contributed by atoms with Gasteiger partial charge in [0.2, 0.25) is 0 Å². The molecule has 1 fully saturated rings. The van der Waals surface area contributed by atoms with Gasteiger partial charge in [0, 0.05) is 18.2 Å². The molecule has 0 unspecified atom stereocenters. The van der Waals surface area contributed by atoms with Crippen molar-refractivity contribution in [3.05, 3.63) is 88.2 Å². The Morgan fingerprint density at radius 1 is 1.08 bits per heavy atom. The predicted molar refractivity (Wildman–Crippen MR) is 141 cm³/mol. The average molecular weight is 545 g/mol. The maximum Gasteiger partial charge on any atom is 0.416 e. The molecule has 1 aliphatic heterocycles. The van der Waals surface area contributed by atoms with Crippen molar-refractivity contribution < 1.29 is 31.8 Å². The van der Waals surface area contributed by atoms with Gasteiger partial charge in [0.1, 0.15) is 17.7 Å². The predicted octanol–water partition coefficient (Wildman–Crippen LogP) is 7.44. The Labute approximate surface area is 225 Å². The number of hydrogen-bond acceptors (Lipinski definition) is 4. The number of ether oxygens (including phenoxy) is 2. The fourth-order valence-corrected chi connectivity index (χ4v) is 4.98. The Morgan fingerprint density at radius 3 is 2.46 bits per heavy atom. The van der Waals surface area contributed by atoms with Crippen LogP contribution < -0.4 is 10.1 Å². The van der Waals surface area contributed by atoms with Crippen LogP contribution in [0.15, 0.2) is 54.6 Å². The SMILES string of the molecule is CNCc1cccc([C@H]2OC(=O)N(Cc3cc(C(F)(F)F)ccc3-c3cc(C(C)C)c(F)cc3OC)[C@H]2C)c1. The Morgan fingerprint density at radius 2 is 1.82 bits per heavy atom. The molecule has 1 N–H and O–H groups in total. The van der Waals surface area contributed by atoms with Crippen LogP contribution in [0.1, 0.15) is 60.6 Å². The average Bonchev–Trinajstić information content (AvgIpc) is 3.16. The Bertz CT molecular complexity index is 1360. The van der Waals surface area contributed by atoms with Gasteiger partial charge in [0.05, 0.1) is 25.3 Å². The highest BCUT2D eigenvalue weighted by Crippen LogP contribution is 2.41. The topological polar surface area (TPSA) is 50.8 Å². The zero-order valence-corrected chi connectivity index (χ0v) is 22.5. The molecule has 0 spiro atoms. The van der Waals surface area contributed by atoms with E-state index in [0.717, 1.165) is 23.3 Å². The van der Waals surface area contributed by atoms with Crippen LogP contribution in [0.4, 0.5) is 22.4 Å². The number of nitrogens with zero attached hydrogens (tertiary/aromatic N) is 1. The minimum absolute atomic E-state index is 0.135. The highest BCUT2D eigenvalue weighted by molar-refractivity contribution is 5.76. The first-order valence-electron chi connectivity index (χ1n) is 12.7. The van der Waals surface area contributed by atoms with Crippen molar-refractivity contribution in [3.63, 3.8) is 0 Å². The zero-order valence-electron chi connectivity index (χ0n) is 22.5. The number of hydrogen-bond donors (Lipinski definition) is 1. The summed E-state index contributed by atoms with van der Waals surface area (Å²) in [6.07, 6.45) is -5.79. The lowest BCUT2D eigenvalue weighted by Crippen LogP contribution is -2.31. The second kappa shape index (κ2) is 11.3. The molecule has 1 saturated heterocycles. The lowest BCUT2D eigenvalue weighted by atomic mass is 9.92. The van der Waals surface area contributed by atoms with Crippen molar-refractivity contribution in [2.24, 2.45) is 0 Å². The summed E-state index contributed by atoms with van der Waals surface area (Å²) in [5, 5.41) is 3.08. The van der Waals surface area contributed by atoms with Gasteiger partial charge in [0.15, 0.2) is 0 Å². The first-order chi connectivity index (χ1) is 18.4. The van der Waals surface area contributed by atoms with E-state index in [1.807, 2.05) is 52.1 Å². The molecular formula is C30H32F4N2O3. The standard InChI is InChI=1S/C30H32F4N2O3/c1-17(2)24-13-25(27(38-5)14-26(24)31)23-10-9-22(30(32,33)34)12-21(23)16-36-18(3)28(39-29(36)37)20-8-6-7-19(11-20)15-35-4/h6-14,17-18,28,35H,15-16H2,1-5H3/t18-,28-/m0/s1. The lowest BCUT2D eigenvalue weighted by Gasteiger charge is -2.24. The van der Waals surface area contributed by atoms with Crippen LogP contribution in [0.3, 0.4) is 0 Å².